The van der Waals surface area contributed by atoms with Gasteiger partial charge in [-0.05, 0) is 82.0 Å². The van der Waals surface area contributed by atoms with E-state index in [0.29, 0.717) is 42.9 Å². The fourth-order valence-electron chi connectivity index (χ4n) is 4.93. The molecule has 0 bridgehead atoms. The van der Waals surface area contributed by atoms with E-state index in [9.17, 15) is 8.42 Å². The summed E-state index contributed by atoms with van der Waals surface area (Å²) in [5.41, 5.74) is 3.77. The summed E-state index contributed by atoms with van der Waals surface area (Å²) in [4.78, 5) is 11.2. The minimum atomic E-state index is -3.16. The Kier molecular flexibility index (Phi) is 9.00. The smallest absolute Gasteiger partial charge is 0.229 e. The van der Waals surface area contributed by atoms with Crippen LogP contribution >= 0.6 is 11.6 Å². The lowest BCUT2D eigenvalue weighted by atomic mass is 10.1. The van der Waals surface area contributed by atoms with Crippen molar-refractivity contribution in [3.8, 4) is 0 Å². The summed E-state index contributed by atoms with van der Waals surface area (Å²) in [6.45, 7) is 8.42. The van der Waals surface area contributed by atoms with Gasteiger partial charge in [0.15, 0.2) is 11.6 Å². The molecule has 10 nitrogen and oxygen atoms in total. The molecule has 0 spiro atoms. The van der Waals surface area contributed by atoms with Crippen LogP contribution in [0.25, 0.3) is 0 Å². The molecule has 1 aliphatic carbocycles. The SMILES string of the molecule is CCOC1(C)CN(c2ccc(Nc3ncc(Cl)c(Nc4ccc(CCNS(=O)(=O)C5CC5)cc4)n3)cc2)CC(C)O1. The summed E-state index contributed by atoms with van der Waals surface area (Å²) in [5.74, 6) is 0.247. The largest absolute Gasteiger partial charge is 0.364 e. The molecule has 220 valence electrons. The Morgan fingerprint density at radius 2 is 1.78 bits per heavy atom. The zero-order chi connectivity index (χ0) is 29.0. The Hall–Kier alpha value is -2.96. The van der Waals surface area contributed by atoms with Gasteiger partial charge in [0.2, 0.25) is 16.0 Å². The van der Waals surface area contributed by atoms with Crippen molar-refractivity contribution in [2.75, 3.05) is 41.8 Å². The van der Waals surface area contributed by atoms with Crippen LogP contribution in [0.2, 0.25) is 5.02 Å². The standard InChI is InChI=1S/C29H37ClN6O4S/c1-4-39-29(3)19-36(18-20(2)40-29)24-11-9-23(10-12-24)34-28-31-17-26(30)27(35-28)33-22-7-5-21(6-8-22)15-16-32-41(37,38)25-13-14-25/h5-12,17,20,25,32H,4,13-16,18-19H2,1-3H3,(H2,31,33,34,35). The van der Waals surface area contributed by atoms with E-state index >= 15 is 0 Å². The minimum absolute atomic E-state index is 0.0514. The van der Waals surface area contributed by atoms with E-state index in [4.69, 9.17) is 21.1 Å². The van der Waals surface area contributed by atoms with Crippen LogP contribution < -0.4 is 20.3 Å². The number of anilines is 5. The van der Waals surface area contributed by atoms with Gasteiger partial charge in [0.05, 0.1) is 24.1 Å². The van der Waals surface area contributed by atoms with Crippen LogP contribution in [-0.4, -0.2) is 61.8 Å². The topological polar surface area (TPSA) is 118 Å². The summed E-state index contributed by atoms with van der Waals surface area (Å²) >= 11 is 6.38. The summed E-state index contributed by atoms with van der Waals surface area (Å²) in [7, 11) is -3.16. The molecule has 41 heavy (non-hydrogen) atoms. The lowest BCUT2D eigenvalue weighted by Gasteiger charge is -2.44. The third kappa shape index (κ3) is 7.87. The van der Waals surface area contributed by atoms with Gasteiger partial charge >= 0.3 is 0 Å². The third-order valence-electron chi connectivity index (χ3n) is 6.99. The highest BCUT2D eigenvalue weighted by molar-refractivity contribution is 7.90. The molecule has 2 atom stereocenters. The van der Waals surface area contributed by atoms with Crippen molar-refractivity contribution < 1.29 is 17.9 Å². The Morgan fingerprint density at radius 3 is 2.46 bits per heavy atom. The van der Waals surface area contributed by atoms with Crippen molar-refractivity contribution in [1.29, 1.82) is 0 Å². The molecule has 2 fully saturated rings. The van der Waals surface area contributed by atoms with E-state index < -0.39 is 15.8 Å². The van der Waals surface area contributed by atoms with Crippen molar-refractivity contribution in [2.45, 2.75) is 57.2 Å². The molecule has 1 saturated carbocycles. The summed E-state index contributed by atoms with van der Waals surface area (Å²) in [6.07, 6.45) is 3.74. The molecule has 1 aliphatic heterocycles. The Labute approximate surface area is 246 Å². The van der Waals surface area contributed by atoms with Gasteiger partial charge in [-0.25, -0.2) is 18.1 Å². The second kappa shape index (κ2) is 12.5. The second-order valence-corrected chi connectivity index (χ2v) is 13.1. The zero-order valence-electron chi connectivity index (χ0n) is 23.6. The van der Waals surface area contributed by atoms with Gasteiger partial charge < -0.3 is 25.0 Å². The van der Waals surface area contributed by atoms with Crippen LogP contribution in [0.3, 0.4) is 0 Å². The molecule has 2 aliphatic rings. The first-order valence-corrected chi connectivity index (χ1v) is 15.9. The number of benzene rings is 2. The highest BCUT2D eigenvalue weighted by Crippen LogP contribution is 2.30. The Bertz CT molecular complexity index is 1440. The van der Waals surface area contributed by atoms with Gasteiger partial charge in [0, 0.05) is 36.8 Å². The molecule has 5 rings (SSSR count). The molecule has 3 N–H and O–H groups in total. The summed E-state index contributed by atoms with van der Waals surface area (Å²) < 4.78 is 38.6. The number of hydrogen-bond donors (Lipinski definition) is 3. The maximum Gasteiger partial charge on any atom is 0.229 e. The highest BCUT2D eigenvalue weighted by Gasteiger charge is 2.36. The number of sulfonamides is 1. The van der Waals surface area contributed by atoms with Crippen LogP contribution in [0.1, 0.15) is 39.2 Å². The van der Waals surface area contributed by atoms with Crippen molar-refractivity contribution in [3.63, 3.8) is 0 Å². The van der Waals surface area contributed by atoms with Gasteiger partial charge in [0.25, 0.3) is 0 Å². The normalized spacial score (nSPS) is 21.1. The first-order valence-electron chi connectivity index (χ1n) is 13.9. The molecular weight excluding hydrogens is 564 g/mol. The molecule has 0 amide bonds. The summed E-state index contributed by atoms with van der Waals surface area (Å²) in [5, 5.41) is 6.67. The van der Waals surface area contributed by atoms with E-state index in [1.165, 1.54) is 0 Å². The molecule has 1 saturated heterocycles. The van der Waals surface area contributed by atoms with Crippen molar-refractivity contribution in [1.82, 2.24) is 14.7 Å². The Balaban J connectivity index is 1.18. The number of nitrogens with one attached hydrogen (secondary N) is 3. The lowest BCUT2D eigenvalue weighted by molar-refractivity contribution is -0.247. The quantitative estimate of drug-likeness (QED) is 0.257. The second-order valence-electron chi connectivity index (χ2n) is 10.6. The average molecular weight is 601 g/mol. The van der Waals surface area contributed by atoms with Crippen LogP contribution in [-0.2, 0) is 25.9 Å². The van der Waals surface area contributed by atoms with E-state index in [2.05, 4.69) is 49.3 Å². The number of ether oxygens (including phenoxy) is 2. The van der Waals surface area contributed by atoms with Crippen LogP contribution in [0.5, 0.6) is 0 Å². The highest BCUT2D eigenvalue weighted by atomic mass is 35.5. The number of aromatic nitrogens is 2. The molecule has 3 aromatic rings. The number of hydrogen-bond acceptors (Lipinski definition) is 9. The maximum atomic E-state index is 12.0. The fraction of sp³-hybridized carbons (Fsp3) is 0.448. The summed E-state index contributed by atoms with van der Waals surface area (Å²) in [6, 6.07) is 15.8. The molecule has 2 unspecified atom stereocenters. The number of halogens is 1. The zero-order valence-corrected chi connectivity index (χ0v) is 25.1. The average Bonchev–Trinajstić information content (AvgIpc) is 3.78. The maximum absolute atomic E-state index is 12.0. The first kappa shape index (κ1) is 29.5. The van der Waals surface area contributed by atoms with E-state index in [1.54, 1.807) is 6.20 Å². The third-order valence-corrected chi connectivity index (χ3v) is 9.22. The monoisotopic (exact) mass is 600 g/mol. The number of nitrogens with zero attached hydrogens (tertiary/aromatic N) is 3. The van der Waals surface area contributed by atoms with Crippen molar-refractivity contribution >= 4 is 50.5 Å². The predicted octanol–water partition coefficient (Wildman–Crippen LogP) is 5.22. The van der Waals surface area contributed by atoms with Gasteiger partial charge in [-0.2, -0.15) is 4.98 Å². The van der Waals surface area contributed by atoms with Crippen LogP contribution in [0.15, 0.2) is 54.7 Å². The molecule has 12 heteroatoms. The lowest BCUT2D eigenvalue weighted by Crippen LogP contribution is -2.55. The fourth-order valence-corrected chi connectivity index (χ4v) is 6.45. The van der Waals surface area contributed by atoms with Gasteiger partial charge in [0.1, 0.15) is 5.02 Å². The van der Waals surface area contributed by atoms with E-state index in [0.717, 1.165) is 42.0 Å². The molecular formula is C29H37ClN6O4S. The number of morpholine rings is 1. The van der Waals surface area contributed by atoms with Crippen LogP contribution in [0.4, 0.5) is 28.8 Å². The van der Waals surface area contributed by atoms with Gasteiger partial charge in [-0.1, -0.05) is 23.7 Å². The van der Waals surface area contributed by atoms with Crippen molar-refractivity contribution in [3.05, 3.63) is 65.3 Å². The molecule has 1 aromatic heterocycles. The Morgan fingerprint density at radius 1 is 1.10 bits per heavy atom. The van der Waals surface area contributed by atoms with E-state index in [-0.39, 0.29) is 11.4 Å². The molecule has 2 aromatic carbocycles. The minimum Gasteiger partial charge on any atom is -0.364 e. The predicted molar refractivity (Wildman–Crippen MR) is 163 cm³/mol. The first-order chi connectivity index (χ1) is 19.6. The van der Waals surface area contributed by atoms with Crippen molar-refractivity contribution in [2.24, 2.45) is 0 Å². The molecule has 0 radical (unpaired) electrons. The van der Waals surface area contributed by atoms with Gasteiger partial charge in [-0.3, -0.25) is 0 Å². The number of rotatable bonds is 12. The molecule has 2 heterocycles. The van der Waals surface area contributed by atoms with Gasteiger partial charge in [-0.15, -0.1) is 0 Å². The van der Waals surface area contributed by atoms with E-state index in [1.807, 2.05) is 50.2 Å². The van der Waals surface area contributed by atoms with Crippen LogP contribution in [0, 0.1) is 0 Å².